The Labute approximate surface area is 140 Å². The van der Waals surface area contributed by atoms with E-state index in [0.29, 0.717) is 24.8 Å². The van der Waals surface area contributed by atoms with Gasteiger partial charge >= 0.3 is 0 Å². The average Bonchev–Trinajstić information content (AvgIpc) is 2.55. The largest absolute Gasteiger partial charge is 0.629 e. The van der Waals surface area contributed by atoms with Crippen molar-refractivity contribution in [1.29, 1.82) is 0 Å². The van der Waals surface area contributed by atoms with E-state index in [1.165, 1.54) is 0 Å². The van der Waals surface area contributed by atoms with Crippen molar-refractivity contribution in [2.75, 3.05) is 27.2 Å². The van der Waals surface area contributed by atoms with E-state index < -0.39 is 7.77 Å². The number of hydrogen-bond donors (Lipinski definition) is 0. The van der Waals surface area contributed by atoms with Crippen LogP contribution >= 0.6 is 7.77 Å². The van der Waals surface area contributed by atoms with Gasteiger partial charge in [0.05, 0.1) is 34.4 Å². The molecule has 0 bridgehead atoms. The smallest absolute Gasteiger partial charge is 0.209 e. The molecule has 0 amide bonds. The summed E-state index contributed by atoms with van der Waals surface area (Å²) in [5.41, 5.74) is 0. The van der Waals surface area contributed by atoms with Gasteiger partial charge in [-0.15, -0.1) is 0 Å². The van der Waals surface area contributed by atoms with Crippen LogP contribution in [-0.2, 0) is 14.2 Å². The first-order valence-electron chi connectivity index (χ1n) is 8.11. The van der Waals surface area contributed by atoms with Gasteiger partial charge < -0.3 is 19.1 Å². The topological polar surface area (TPSA) is 75.5 Å². The third kappa shape index (κ3) is 6.58. The Morgan fingerprint density at radius 2 is 1.91 bits per heavy atom. The predicted molar refractivity (Wildman–Crippen MR) is 94.6 cm³/mol. The highest BCUT2D eigenvalue weighted by Gasteiger charge is 2.30. The van der Waals surface area contributed by atoms with Crippen LogP contribution in [0.25, 0.3) is 0 Å². The van der Waals surface area contributed by atoms with E-state index in [2.05, 4.69) is 30.8 Å². The molecule has 23 heavy (non-hydrogen) atoms. The summed E-state index contributed by atoms with van der Waals surface area (Å²) in [5.74, 6) is 3.18. The van der Waals surface area contributed by atoms with E-state index in [0.717, 1.165) is 12.8 Å². The molecule has 0 radical (unpaired) electrons. The molecule has 1 unspecified atom stereocenters. The van der Waals surface area contributed by atoms with Crippen LogP contribution < -0.4 is 4.89 Å². The second-order valence-corrected chi connectivity index (χ2v) is 7.23. The van der Waals surface area contributed by atoms with E-state index in [9.17, 15) is 4.89 Å². The molecule has 132 valence electrons. The minimum absolute atomic E-state index is 0.127. The zero-order valence-electron chi connectivity index (χ0n) is 14.8. The van der Waals surface area contributed by atoms with Crippen LogP contribution in [0.15, 0.2) is 9.98 Å². The SMILES string of the molecule is CCCCOC/[P+]([O-])=C/C[C@@H]1N=C(OC)[C@@H](C(C)C)N=C1OC. The van der Waals surface area contributed by atoms with Crippen molar-refractivity contribution in [2.24, 2.45) is 15.9 Å². The molecule has 0 saturated heterocycles. The first-order chi connectivity index (χ1) is 11.0. The second-order valence-electron chi connectivity index (χ2n) is 5.77. The summed E-state index contributed by atoms with van der Waals surface area (Å²) in [4.78, 5) is 21.1. The third-order valence-corrected chi connectivity index (χ3v) is 4.59. The van der Waals surface area contributed by atoms with Crippen LogP contribution in [0.2, 0.25) is 0 Å². The fraction of sp³-hybridized carbons (Fsp3) is 0.812. The lowest BCUT2D eigenvalue weighted by Crippen LogP contribution is -2.37. The predicted octanol–water partition coefficient (Wildman–Crippen LogP) is 2.21. The van der Waals surface area contributed by atoms with Crippen LogP contribution in [0.4, 0.5) is 0 Å². The molecule has 6 nitrogen and oxygen atoms in total. The lowest BCUT2D eigenvalue weighted by Gasteiger charge is -2.26. The standard InChI is InChI=1S/C16H29N2O4P/c1-6-7-9-22-11-23(19)10-8-13-15(20-4)18-14(12(2)3)16(17-13)21-5/h10,12-14H,6-9,11H2,1-5H3/t13-,14+/m0/s1. The van der Waals surface area contributed by atoms with Gasteiger partial charge in [-0.05, 0) is 12.3 Å². The number of hydrogen-bond acceptors (Lipinski definition) is 6. The fourth-order valence-corrected chi connectivity index (χ4v) is 3.03. The molecule has 0 fully saturated rings. The van der Waals surface area contributed by atoms with Crippen LogP contribution in [-0.4, -0.2) is 56.9 Å². The summed E-state index contributed by atoms with van der Waals surface area (Å²) < 4.78 is 16.1. The lowest BCUT2D eigenvalue weighted by atomic mass is 10.0. The normalized spacial score (nSPS) is 22.0. The van der Waals surface area contributed by atoms with Gasteiger partial charge in [0.2, 0.25) is 18.1 Å². The van der Waals surface area contributed by atoms with Crippen molar-refractivity contribution in [3.63, 3.8) is 0 Å². The van der Waals surface area contributed by atoms with Crippen molar-refractivity contribution in [2.45, 2.75) is 52.1 Å². The molecule has 1 aliphatic heterocycles. The highest BCUT2D eigenvalue weighted by molar-refractivity contribution is 7.49. The van der Waals surface area contributed by atoms with Gasteiger partial charge in [0.15, 0.2) is 0 Å². The average molecular weight is 344 g/mol. The first kappa shape index (κ1) is 20.1. The number of methoxy groups -OCH3 is 2. The number of ether oxygens (including phenoxy) is 3. The Balaban J connectivity index is 2.67. The van der Waals surface area contributed by atoms with E-state index >= 15 is 0 Å². The molecule has 3 atom stereocenters. The molecule has 0 aliphatic carbocycles. The fourth-order valence-electron chi connectivity index (χ4n) is 2.18. The van der Waals surface area contributed by atoms with Crippen molar-refractivity contribution in [1.82, 2.24) is 0 Å². The van der Waals surface area contributed by atoms with Crippen molar-refractivity contribution in [3.05, 3.63) is 0 Å². The first-order valence-corrected chi connectivity index (χ1v) is 9.63. The van der Waals surface area contributed by atoms with Crippen molar-refractivity contribution < 1.29 is 19.1 Å². The van der Waals surface area contributed by atoms with E-state index in [1.54, 1.807) is 20.0 Å². The zero-order valence-corrected chi connectivity index (χ0v) is 15.7. The van der Waals surface area contributed by atoms with Gasteiger partial charge in [0.1, 0.15) is 12.1 Å². The molecule has 7 heteroatoms. The minimum Gasteiger partial charge on any atom is -0.629 e. The zero-order chi connectivity index (χ0) is 17.2. The highest BCUT2D eigenvalue weighted by Crippen LogP contribution is 2.20. The Kier molecular flexibility index (Phi) is 9.37. The lowest BCUT2D eigenvalue weighted by molar-refractivity contribution is -0.157. The number of rotatable bonds is 8. The maximum absolute atomic E-state index is 12.0. The van der Waals surface area contributed by atoms with Crippen LogP contribution in [0, 0.1) is 5.92 Å². The summed E-state index contributed by atoms with van der Waals surface area (Å²) >= 11 is 0. The Hall–Kier alpha value is -0.970. The van der Waals surface area contributed by atoms with Gasteiger partial charge in [0, 0.05) is 6.42 Å². The molecule has 0 saturated carbocycles. The minimum atomic E-state index is -1.51. The van der Waals surface area contributed by atoms with Gasteiger partial charge in [-0.3, -0.25) is 0 Å². The van der Waals surface area contributed by atoms with Gasteiger partial charge in [0.25, 0.3) is 0 Å². The molecular formula is C16H29N2O4P. The second kappa shape index (κ2) is 10.7. The highest BCUT2D eigenvalue weighted by atomic mass is 31.1. The molecule has 1 rings (SSSR count). The summed E-state index contributed by atoms with van der Waals surface area (Å²) in [6, 6.07) is -0.406. The molecule has 0 N–H and O–H groups in total. The molecule has 0 aromatic rings. The molecule has 1 aliphatic rings. The molecule has 0 aromatic heterocycles. The van der Waals surface area contributed by atoms with Gasteiger partial charge in [-0.25, -0.2) is 9.98 Å². The maximum atomic E-state index is 12.0. The Morgan fingerprint density at radius 1 is 1.22 bits per heavy atom. The van der Waals surface area contributed by atoms with Crippen LogP contribution in [0.5, 0.6) is 0 Å². The van der Waals surface area contributed by atoms with E-state index in [1.807, 2.05) is 0 Å². The number of unbranched alkanes of at least 4 members (excludes halogenated alkanes) is 1. The monoisotopic (exact) mass is 344 g/mol. The Morgan fingerprint density at radius 3 is 2.48 bits per heavy atom. The van der Waals surface area contributed by atoms with Gasteiger partial charge in [-0.1, -0.05) is 27.2 Å². The quantitative estimate of drug-likeness (QED) is 0.500. The molecule has 1 heterocycles. The Bertz CT molecular complexity index is 449. The summed E-state index contributed by atoms with van der Waals surface area (Å²) in [6.45, 7) is 6.88. The van der Waals surface area contributed by atoms with E-state index in [-0.39, 0.29) is 24.3 Å². The summed E-state index contributed by atoms with van der Waals surface area (Å²) in [6.07, 6.45) is 2.82. The number of aliphatic imine (C=N–C) groups is 2. The molecule has 0 aromatic carbocycles. The molecular weight excluding hydrogens is 315 g/mol. The third-order valence-electron chi connectivity index (χ3n) is 3.53. The summed E-state index contributed by atoms with van der Waals surface area (Å²) in [5, 5.41) is 0. The van der Waals surface area contributed by atoms with Crippen LogP contribution in [0.3, 0.4) is 0 Å². The van der Waals surface area contributed by atoms with Crippen molar-refractivity contribution in [3.8, 4) is 0 Å². The maximum Gasteiger partial charge on any atom is 0.209 e. The van der Waals surface area contributed by atoms with Crippen LogP contribution in [0.1, 0.15) is 40.0 Å². The van der Waals surface area contributed by atoms with Crippen molar-refractivity contribution >= 4 is 25.4 Å². The van der Waals surface area contributed by atoms with Gasteiger partial charge in [-0.2, -0.15) is 0 Å². The summed E-state index contributed by atoms with van der Waals surface area (Å²) in [7, 11) is 1.68. The number of nitrogens with zero attached hydrogens (tertiary/aromatic N) is 2. The molecule has 0 spiro atoms. The van der Waals surface area contributed by atoms with E-state index in [4.69, 9.17) is 14.2 Å².